The molecule has 3 heterocycles. The predicted octanol–water partition coefficient (Wildman–Crippen LogP) is 3.08. The van der Waals surface area contributed by atoms with Gasteiger partial charge in [-0.05, 0) is 38.3 Å². The van der Waals surface area contributed by atoms with Gasteiger partial charge in [0.15, 0.2) is 5.96 Å². The van der Waals surface area contributed by atoms with Crippen LogP contribution in [0.4, 0.5) is 0 Å². The maximum Gasteiger partial charge on any atom is 0.190 e. The molecule has 0 radical (unpaired) electrons. The molecule has 2 N–H and O–H groups in total. The third-order valence-electron chi connectivity index (χ3n) is 5.75. The zero-order valence-electron chi connectivity index (χ0n) is 18.5. The van der Waals surface area contributed by atoms with Crippen molar-refractivity contribution in [2.45, 2.75) is 58.5 Å². The van der Waals surface area contributed by atoms with Gasteiger partial charge in [0.2, 0.25) is 0 Å². The number of nitrogens with one attached hydrogen (secondary N) is 2. The molecule has 2 aromatic heterocycles. The fraction of sp³-hybridized carbons (Fsp3) is 0.545. The summed E-state index contributed by atoms with van der Waals surface area (Å²) in [6, 6.07) is 8.30. The molecule has 9 heteroatoms. The van der Waals surface area contributed by atoms with E-state index in [0.717, 1.165) is 74.4 Å². The van der Waals surface area contributed by atoms with Gasteiger partial charge >= 0.3 is 0 Å². The Labute approximate surface area is 201 Å². The number of fused-ring (bicyclic) bond motifs is 2. The van der Waals surface area contributed by atoms with E-state index in [9.17, 15) is 0 Å². The number of aromatic nitrogens is 5. The third kappa shape index (κ3) is 5.75. The lowest BCUT2D eigenvalue weighted by Crippen LogP contribution is -2.39. The van der Waals surface area contributed by atoms with Gasteiger partial charge in [0.05, 0.1) is 11.0 Å². The minimum atomic E-state index is 0. The number of para-hydroxylation sites is 2. The van der Waals surface area contributed by atoms with Crippen molar-refractivity contribution in [1.29, 1.82) is 0 Å². The molecular formula is C22H33IN8. The highest BCUT2D eigenvalue weighted by Crippen LogP contribution is 2.16. The SMILES string of the molecule is CN=C(NCCCn1c(C)nc2ccccc21)NCCc1nnc2n1CCCCC2.I. The normalized spacial score (nSPS) is 14.1. The Bertz CT molecular complexity index is 1010. The average Bonchev–Trinajstić information content (AvgIpc) is 3.19. The van der Waals surface area contributed by atoms with Crippen LogP contribution < -0.4 is 10.6 Å². The van der Waals surface area contributed by atoms with Crippen molar-refractivity contribution in [1.82, 2.24) is 34.9 Å². The summed E-state index contributed by atoms with van der Waals surface area (Å²) < 4.78 is 4.59. The number of benzene rings is 1. The number of rotatable bonds is 7. The standard InChI is InChI=1S/C22H32N8.HI/c1-17-26-18-9-5-6-10-19(18)29(17)16-8-13-24-22(23-2)25-14-12-21-28-27-20-11-4-3-7-15-30(20)21;/h5-6,9-10H,3-4,7-8,11-16H2,1-2H3,(H2,23,24,25);1H. The Morgan fingerprint density at radius 3 is 2.81 bits per heavy atom. The Balaban J connectivity index is 0.00000272. The lowest BCUT2D eigenvalue weighted by Gasteiger charge is -2.13. The second kappa shape index (κ2) is 11.4. The lowest BCUT2D eigenvalue weighted by molar-refractivity contribution is 0.598. The molecule has 31 heavy (non-hydrogen) atoms. The fourth-order valence-corrected chi connectivity index (χ4v) is 4.17. The van der Waals surface area contributed by atoms with Crippen LogP contribution in [0.2, 0.25) is 0 Å². The van der Waals surface area contributed by atoms with Crippen molar-refractivity contribution in [3.63, 3.8) is 0 Å². The van der Waals surface area contributed by atoms with Gasteiger partial charge in [-0.1, -0.05) is 18.6 Å². The van der Waals surface area contributed by atoms with Gasteiger partial charge in [-0.25, -0.2) is 4.98 Å². The first-order valence-electron chi connectivity index (χ1n) is 11.0. The number of halogens is 1. The summed E-state index contributed by atoms with van der Waals surface area (Å²) in [7, 11) is 1.81. The summed E-state index contributed by atoms with van der Waals surface area (Å²) in [5.41, 5.74) is 2.26. The lowest BCUT2D eigenvalue weighted by atomic mass is 10.2. The van der Waals surface area contributed by atoms with Crippen LogP contribution >= 0.6 is 24.0 Å². The molecule has 0 unspecified atom stereocenters. The summed E-state index contributed by atoms with van der Waals surface area (Å²) in [5.74, 6) is 4.12. The second-order valence-corrected chi connectivity index (χ2v) is 7.82. The van der Waals surface area contributed by atoms with E-state index in [4.69, 9.17) is 0 Å². The monoisotopic (exact) mass is 536 g/mol. The quantitative estimate of drug-likeness (QED) is 0.210. The maximum absolute atomic E-state index is 4.64. The van der Waals surface area contributed by atoms with E-state index in [0.29, 0.717) is 0 Å². The molecule has 0 atom stereocenters. The highest BCUT2D eigenvalue weighted by atomic mass is 127. The summed E-state index contributed by atoms with van der Waals surface area (Å²) in [4.78, 5) is 8.98. The Kier molecular flexibility index (Phi) is 8.68. The molecular weight excluding hydrogens is 503 g/mol. The molecule has 8 nitrogen and oxygen atoms in total. The van der Waals surface area contributed by atoms with Crippen LogP contribution in [0.25, 0.3) is 11.0 Å². The van der Waals surface area contributed by atoms with Crippen molar-refractivity contribution < 1.29 is 0 Å². The molecule has 1 aliphatic heterocycles. The average molecular weight is 536 g/mol. The molecule has 0 spiro atoms. The number of hydrogen-bond acceptors (Lipinski definition) is 4. The molecule has 168 valence electrons. The minimum Gasteiger partial charge on any atom is -0.356 e. The van der Waals surface area contributed by atoms with Gasteiger partial charge in [-0.3, -0.25) is 4.99 Å². The molecule has 0 fully saturated rings. The molecule has 0 bridgehead atoms. The number of guanidine groups is 1. The second-order valence-electron chi connectivity index (χ2n) is 7.82. The molecule has 1 aliphatic rings. The zero-order valence-corrected chi connectivity index (χ0v) is 20.8. The smallest absolute Gasteiger partial charge is 0.190 e. The van der Waals surface area contributed by atoms with Crippen LogP contribution in [0.15, 0.2) is 29.3 Å². The molecule has 0 saturated heterocycles. The summed E-state index contributed by atoms with van der Waals surface area (Å²) in [5, 5.41) is 15.6. The Hall–Kier alpha value is -2.17. The van der Waals surface area contributed by atoms with Gasteiger partial charge in [-0.2, -0.15) is 0 Å². The van der Waals surface area contributed by atoms with E-state index in [1.54, 1.807) is 0 Å². The Morgan fingerprint density at radius 2 is 1.94 bits per heavy atom. The van der Waals surface area contributed by atoms with E-state index < -0.39 is 0 Å². The summed E-state index contributed by atoms with van der Waals surface area (Å²) >= 11 is 0. The van der Waals surface area contributed by atoms with Crippen molar-refractivity contribution in [2.75, 3.05) is 20.1 Å². The number of aryl methyl sites for hydroxylation is 3. The fourth-order valence-electron chi connectivity index (χ4n) is 4.17. The molecule has 4 rings (SSSR count). The van der Waals surface area contributed by atoms with Crippen LogP contribution in [0.3, 0.4) is 0 Å². The van der Waals surface area contributed by atoms with E-state index in [1.807, 2.05) is 13.1 Å². The van der Waals surface area contributed by atoms with Gasteiger partial charge in [0, 0.05) is 46.1 Å². The molecule has 1 aromatic carbocycles. The van der Waals surface area contributed by atoms with Crippen LogP contribution in [0.5, 0.6) is 0 Å². The van der Waals surface area contributed by atoms with E-state index in [-0.39, 0.29) is 24.0 Å². The van der Waals surface area contributed by atoms with E-state index in [1.165, 1.54) is 24.8 Å². The Morgan fingerprint density at radius 1 is 1.10 bits per heavy atom. The maximum atomic E-state index is 4.64. The first-order chi connectivity index (χ1) is 14.8. The molecule has 3 aromatic rings. The number of aliphatic imine (C=N–C) groups is 1. The van der Waals surface area contributed by atoms with Gasteiger partial charge in [0.25, 0.3) is 0 Å². The van der Waals surface area contributed by atoms with E-state index >= 15 is 0 Å². The first-order valence-corrected chi connectivity index (χ1v) is 11.0. The molecule has 0 amide bonds. The van der Waals surface area contributed by atoms with Crippen LogP contribution in [0.1, 0.15) is 43.2 Å². The van der Waals surface area contributed by atoms with Crippen LogP contribution in [-0.4, -0.2) is 50.4 Å². The minimum absolute atomic E-state index is 0. The van der Waals surface area contributed by atoms with Crippen molar-refractivity contribution in [2.24, 2.45) is 4.99 Å². The molecule has 0 saturated carbocycles. The van der Waals surface area contributed by atoms with Crippen molar-refractivity contribution in [3.05, 3.63) is 41.7 Å². The molecule has 0 aliphatic carbocycles. The van der Waals surface area contributed by atoms with Crippen molar-refractivity contribution in [3.8, 4) is 0 Å². The van der Waals surface area contributed by atoms with E-state index in [2.05, 4.69) is 65.1 Å². The van der Waals surface area contributed by atoms with Crippen LogP contribution in [0, 0.1) is 6.92 Å². The highest BCUT2D eigenvalue weighted by molar-refractivity contribution is 14.0. The summed E-state index contributed by atoms with van der Waals surface area (Å²) in [6.07, 6.45) is 6.64. The topological polar surface area (TPSA) is 84.9 Å². The van der Waals surface area contributed by atoms with Gasteiger partial charge in [0.1, 0.15) is 17.5 Å². The number of nitrogens with zero attached hydrogens (tertiary/aromatic N) is 6. The third-order valence-corrected chi connectivity index (χ3v) is 5.75. The first kappa shape index (κ1) is 23.5. The largest absolute Gasteiger partial charge is 0.356 e. The zero-order chi connectivity index (χ0) is 20.8. The predicted molar refractivity (Wildman–Crippen MR) is 135 cm³/mol. The van der Waals surface area contributed by atoms with Gasteiger partial charge < -0.3 is 19.8 Å². The summed E-state index contributed by atoms with van der Waals surface area (Å²) in [6.45, 7) is 5.70. The van der Waals surface area contributed by atoms with Crippen LogP contribution in [-0.2, 0) is 25.9 Å². The number of hydrogen-bond donors (Lipinski definition) is 2. The van der Waals surface area contributed by atoms with Gasteiger partial charge in [-0.15, -0.1) is 34.2 Å². The van der Waals surface area contributed by atoms with Crippen molar-refractivity contribution >= 4 is 41.0 Å². The highest BCUT2D eigenvalue weighted by Gasteiger charge is 2.14. The number of imidazole rings is 1.